The summed E-state index contributed by atoms with van der Waals surface area (Å²) in [6.07, 6.45) is 3.20. The maximum absolute atomic E-state index is 5.48. The van der Waals surface area contributed by atoms with Gasteiger partial charge in [0.2, 0.25) is 0 Å². The number of methoxy groups -OCH3 is 2. The van der Waals surface area contributed by atoms with Crippen LogP contribution in [0.2, 0.25) is 0 Å². The number of nitrogens with one attached hydrogen (secondary N) is 1. The number of nitrogens with zero attached hydrogens (tertiary/aromatic N) is 5. The number of aromatic nitrogens is 3. The van der Waals surface area contributed by atoms with Crippen molar-refractivity contribution >= 4 is 5.96 Å². The van der Waals surface area contributed by atoms with E-state index in [0.717, 1.165) is 43.5 Å². The Hall–Kier alpha value is -3.62. The molecular formula is C23H28N6O3. The van der Waals surface area contributed by atoms with Crippen LogP contribution in [-0.2, 0) is 19.4 Å². The molecule has 0 aliphatic carbocycles. The Bertz CT molecular complexity index is 1070. The molecule has 168 valence electrons. The minimum absolute atomic E-state index is 0.425. The molecule has 0 fully saturated rings. The number of aliphatic imine (C=N–C) groups is 1. The van der Waals surface area contributed by atoms with Crippen LogP contribution in [0.15, 0.2) is 46.0 Å². The van der Waals surface area contributed by atoms with Crippen LogP contribution in [0.25, 0.3) is 11.6 Å². The number of hydrogen-bond donors (Lipinski definition) is 1. The standard InChI is InChI=1S/C23H28N6O3/c1-4-24-23(26-11-8-21-27-22(32-28-21)18-7-5-6-10-25-18)29-12-9-16-13-19(30-2)20(31-3)14-17(16)15-29/h5-7,10,13-14H,4,8-9,11-12,15H2,1-3H3,(H,24,26). The van der Waals surface area contributed by atoms with Crippen LogP contribution < -0.4 is 14.8 Å². The summed E-state index contributed by atoms with van der Waals surface area (Å²) < 4.78 is 16.3. The molecule has 2 aromatic heterocycles. The number of ether oxygens (including phenoxy) is 2. The second-order valence-electron chi connectivity index (χ2n) is 7.36. The SMILES string of the molecule is CCNC(=NCCc1noc(-c2ccccn2)n1)N1CCc2cc(OC)c(OC)cc2C1. The number of guanidine groups is 1. The van der Waals surface area contributed by atoms with E-state index in [4.69, 9.17) is 19.0 Å². The van der Waals surface area contributed by atoms with Crippen molar-refractivity contribution < 1.29 is 14.0 Å². The van der Waals surface area contributed by atoms with E-state index >= 15 is 0 Å². The van der Waals surface area contributed by atoms with Crippen LogP contribution in [0.4, 0.5) is 0 Å². The van der Waals surface area contributed by atoms with Gasteiger partial charge in [0.25, 0.3) is 5.89 Å². The van der Waals surface area contributed by atoms with E-state index in [0.29, 0.717) is 30.4 Å². The molecule has 0 atom stereocenters. The molecule has 32 heavy (non-hydrogen) atoms. The van der Waals surface area contributed by atoms with Crippen LogP contribution in [0.1, 0.15) is 23.9 Å². The van der Waals surface area contributed by atoms with Crippen molar-refractivity contribution in [3.63, 3.8) is 0 Å². The lowest BCUT2D eigenvalue weighted by molar-refractivity contribution is 0.346. The molecule has 9 heteroatoms. The van der Waals surface area contributed by atoms with Crippen LogP contribution in [-0.4, -0.2) is 59.8 Å². The second kappa shape index (κ2) is 10.1. The Kier molecular flexibility index (Phi) is 6.84. The van der Waals surface area contributed by atoms with Gasteiger partial charge in [0, 0.05) is 38.8 Å². The van der Waals surface area contributed by atoms with E-state index in [9.17, 15) is 0 Å². The van der Waals surface area contributed by atoms with Crippen molar-refractivity contribution in [3.8, 4) is 23.1 Å². The first-order chi connectivity index (χ1) is 15.7. The van der Waals surface area contributed by atoms with Gasteiger partial charge in [0.1, 0.15) is 5.69 Å². The maximum Gasteiger partial charge on any atom is 0.276 e. The van der Waals surface area contributed by atoms with Crippen molar-refractivity contribution in [3.05, 3.63) is 53.5 Å². The smallest absolute Gasteiger partial charge is 0.276 e. The first-order valence-electron chi connectivity index (χ1n) is 10.7. The molecule has 0 saturated carbocycles. The molecule has 1 N–H and O–H groups in total. The Balaban J connectivity index is 1.43. The summed E-state index contributed by atoms with van der Waals surface area (Å²) in [5, 5.41) is 7.46. The third kappa shape index (κ3) is 4.82. The average molecular weight is 437 g/mol. The molecule has 9 nitrogen and oxygen atoms in total. The molecule has 1 aliphatic rings. The molecule has 0 unspecified atom stereocenters. The van der Waals surface area contributed by atoms with E-state index in [1.54, 1.807) is 20.4 Å². The molecule has 4 rings (SSSR count). The van der Waals surface area contributed by atoms with Crippen LogP contribution in [0, 0.1) is 0 Å². The summed E-state index contributed by atoms with van der Waals surface area (Å²) in [6, 6.07) is 9.72. The molecule has 3 aromatic rings. The van der Waals surface area contributed by atoms with Crippen molar-refractivity contribution in [2.75, 3.05) is 33.9 Å². The Morgan fingerprint density at radius 1 is 1.19 bits per heavy atom. The monoisotopic (exact) mass is 436 g/mol. The van der Waals surface area contributed by atoms with Gasteiger partial charge in [-0.25, -0.2) is 0 Å². The molecule has 1 aromatic carbocycles. The summed E-state index contributed by atoms with van der Waals surface area (Å²) in [7, 11) is 3.33. The Morgan fingerprint density at radius 3 is 2.72 bits per heavy atom. The van der Waals surface area contributed by atoms with Crippen LogP contribution in [0.5, 0.6) is 11.5 Å². The highest BCUT2D eigenvalue weighted by atomic mass is 16.5. The van der Waals surface area contributed by atoms with Gasteiger partial charge in [0.15, 0.2) is 23.3 Å². The number of rotatable bonds is 7. The van der Waals surface area contributed by atoms with E-state index in [1.165, 1.54) is 11.1 Å². The van der Waals surface area contributed by atoms with Crippen molar-refractivity contribution in [1.29, 1.82) is 0 Å². The highest BCUT2D eigenvalue weighted by Crippen LogP contribution is 2.33. The van der Waals surface area contributed by atoms with Crippen LogP contribution in [0.3, 0.4) is 0 Å². The van der Waals surface area contributed by atoms with Crippen molar-refractivity contribution in [2.45, 2.75) is 26.3 Å². The molecule has 0 saturated heterocycles. The van der Waals surface area contributed by atoms with Gasteiger partial charge in [-0.05, 0) is 48.7 Å². The lowest BCUT2D eigenvalue weighted by Gasteiger charge is -2.32. The quantitative estimate of drug-likeness (QED) is 0.446. The van der Waals surface area contributed by atoms with Gasteiger partial charge in [-0.2, -0.15) is 4.98 Å². The number of hydrogen-bond acceptors (Lipinski definition) is 7. The third-order valence-electron chi connectivity index (χ3n) is 5.30. The summed E-state index contributed by atoms with van der Waals surface area (Å²) >= 11 is 0. The van der Waals surface area contributed by atoms with Gasteiger partial charge >= 0.3 is 0 Å². The number of pyridine rings is 1. The Labute approximate surface area is 187 Å². The fraction of sp³-hybridized carbons (Fsp3) is 0.391. The topological polar surface area (TPSA) is 97.9 Å². The van der Waals surface area contributed by atoms with Crippen molar-refractivity contribution in [2.24, 2.45) is 4.99 Å². The van der Waals surface area contributed by atoms with Crippen LogP contribution >= 0.6 is 0 Å². The van der Waals surface area contributed by atoms with Gasteiger partial charge in [-0.1, -0.05) is 11.2 Å². The fourth-order valence-corrected chi connectivity index (χ4v) is 3.70. The first-order valence-corrected chi connectivity index (χ1v) is 10.7. The predicted octanol–water partition coefficient (Wildman–Crippen LogP) is 2.72. The number of fused-ring (bicyclic) bond motifs is 1. The summed E-state index contributed by atoms with van der Waals surface area (Å²) in [5.41, 5.74) is 3.17. The molecular weight excluding hydrogens is 408 g/mol. The van der Waals surface area contributed by atoms with E-state index in [2.05, 4.69) is 44.4 Å². The number of benzene rings is 1. The molecule has 1 aliphatic heterocycles. The zero-order chi connectivity index (χ0) is 22.3. The highest BCUT2D eigenvalue weighted by Gasteiger charge is 2.21. The molecule has 0 radical (unpaired) electrons. The minimum Gasteiger partial charge on any atom is -0.493 e. The lowest BCUT2D eigenvalue weighted by atomic mass is 9.99. The minimum atomic E-state index is 0.425. The van der Waals surface area contributed by atoms with Crippen molar-refractivity contribution in [1.82, 2.24) is 25.3 Å². The van der Waals surface area contributed by atoms with E-state index < -0.39 is 0 Å². The summed E-state index contributed by atoms with van der Waals surface area (Å²) in [4.78, 5) is 15.7. The zero-order valence-corrected chi connectivity index (χ0v) is 18.7. The summed E-state index contributed by atoms with van der Waals surface area (Å²) in [5.74, 6) is 3.43. The zero-order valence-electron chi connectivity index (χ0n) is 18.7. The largest absolute Gasteiger partial charge is 0.493 e. The van der Waals surface area contributed by atoms with Gasteiger partial charge in [0.05, 0.1) is 14.2 Å². The Morgan fingerprint density at radius 2 is 2.00 bits per heavy atom. The predicted molar refractivity (Wildman–Crippen MR) is 121 cm³/mol. The van der Waals surface area contributed by atoms with Gasteiger partial charge in [-0.15, -0.1) is 0 Å². The van der Waals surface area contributed by atoms with Gasteiger partial charge in [-0.3, -0.25) is 9.98 Å². The second-order valence-corrected chi connectivity index (χ2v) is 7.36. The maximum atomic E-state index is 5.48. The highest BCUT2D eigenvalue weighted by molar-refractivity contribution is 5.80. The fourth-order valence-electron chi connectivity index (χ4n) is 3.70. The lowest BCUT2D eigenvalue weighted by Crippen LogP contribution is -2.44. The van der Waals surface area contributed by atoms with Gasteiger partial charge < -0.3 is 24.2 Å². The normalized spacial score (nSPS) is 13.6. The molecule has 0 amide bonds. The molecule has 0 bridgehead atoms. The average Bonchev–Trinajstić information content (AvgIpc) is 3.31. The molecule has 3 heterocycles. The van der Waals surface area contributed by atoms with E-state index in [-0.39, 0.29) is 0 Å². The summed E-state index contributed by atoms with van der Waals surface area (Å²) in [6.45, 7) is 5.05. The first kappa shape index (κ1) is 21.6. The molecule has 0 spiro atoms. The van der Waals surface area contributed by atoms with E-state index in [1.807, 2.05) is 18.2 Å². The third-order valence-corrected chi connectivity index (χ3v) is 5.30.